The fourth-order valence-electron chi connectivity index (χ4n) is 3.07. The smallest absolute Gasteiger partial charge is 0.350 e. The van der Waals surface area contributed by atoms with Crippen LogP contribution in [-0.2, 0) is 9.53 Å². The maximum absolute atomic E-state index is 12.6. The summed E-state index contributed by atoms with van der Waals surface area (Å²) in [5.74, 6) is -1.81. The standard InChI is InChI=1S/C19H23NO5/c1-12(2)14-11-19(22,17(21)25-18(3,4)5)16(20(23)24)15(14)13-9-7-6-8-10-13/h6-11,15-16,22H,1H2,2-5H3/t15-,16+,19+/m0/s1. The van der Waals surface area contributed by atoms with Crippen LogP contribution in [-0.4, -0.2) is 33.2 Å². The van der Waals surface area contributed by atoms with Gasteiger partial charge < -0.3 is 9.84 Å². The van der Waals surface area contributed by atoms with Gasteiger partial charge in [-0.1, -0.05) is 42.5 Å². The zero-order valence-electron chi connectivity index (χ0n) is 14.9. The molecule has 0 fully saturated rings. The van der Waals surface area contributed by atoms with Crippen LogP contribution in [0.2, 0.25) is 0 Å². The quantitative estimate of drug-likeness (QED) is 0.515. The van der Waals surface area contributed by atoms with Crippen LogP contribution in [0.3, 0.4) is 0 Å². The molecule has 6 heteroatoms. The van der Waals surface area contributed by atoms with Gasteiger partial charge in [-0.15, -0.1) is 0 Å². The van der Waals surface area contributed by atoms with E-state index >= 15 is 0 Å². The van der Waals surface area contributed by atoms with Gasteiger partial charge >= 0.3 is 5.97 Å². The third kappa shape index (κ3) is 3.64. The van der Waals surface area contributed by atoms with E-state index in [1.54, 1.807) is 58.0 Å². The highest BCUT2D eigenvalue weighted by Crippen LogP contribution is 2.45. The molecular formula is C19H23NO5. The Labute approximate surface area is 147 Å². The Bertz CT molecular complexity index is 732. The van der Waals surface area contributed by atoms with Gasteiger partial charge in [0.25, 0.3) is 6.04 Å². The van der Waals surface area contributed by atoms with E-state index in [0.717, 1.165) is 0 Å². The largest absolute Gasteiger partial charge is 0.457 e. The van der Waals surface area contributed by atoms with Gasteiger partial charge in [-0.2, -0.15) is 0 Å². The van der Waals surface area contributed by atoms with Gasteiger partial charge in [-0.05, 0) is 44.9 Å². The molecule has 1 aliphatic rings. The summed E-state index contributed by atoms with van der Waals surface area (Å²) >= 11 is 0. The number of carbonyl (C=O) groups excluding carboxylic acids is 1. The highest BCUT2D eigenvalue weighted by Gasteiger charge is 2.62. The van der Waals surface area contributed by atoms with E-state index < -0.39 is 34.1 Å². The first kappa shape index (κ1) is 18.9. The summed E-state index contributed by atoms with van der Waals surface area (Å²) < 4.78 is 5.25. The first-order valence-electron chi connectivity index (χ1n) is 8.00. The molecule has 0 aliphatic heterocycles. The van der Waals surface area contributed by atoms with Gasteiger partial charge in [0, 0.05) is 4.92 Å². The number of nitro groups is 1. The lowest BCUT2D eigenvalue weighted by molar-refractivity contribution is -0.539. The van der Waals surface area contributed by atoms with E-state index in [2.05, 4.69) is 6.58 Å². The third-order valence-electron chi connectivity index (χ3n) is 4.08. The van der Waals surface area contributed by atoms with Crippen LogP contribution in [0.1, 0.15) is 39.2 Å². The number of hydrogen-bond donors (Lipinski definition) is 1. The number of esters is 1. The molecule has 0 radical (unpaired) electrons. The predicted molar refractivity (Wildman–Crippen MR) is 93.7 cm³/mol. The van der Waals surface area contributed by atoms with Crippen LogP contribution in [0, 0.1) is 10.1 Å². The Kier molecular flexibility index (Phi) is 4.86. The van der Waals surface area contributed by atoms with E-state index in [-0.39, 0.29) is 0 Å². The molecule has 1 aromatic carbocycles. The molecule has 2 rings (SSSR count). The van der Waals surface area contributed by atoms with Crippen molar-refractivity contribution in [2.75, 3.05) is 0 Å². The first-order valence-corrected chi connectivity index (χ1v) is 8.00. The first-order chi connectivity index (χ1) is 11.5. The molecule has 0 unspecified atom stereocenters. The molecule has 6 nitrogen and oxygen atoms in total. The molecule has 134 valence electrons. The van der Waals surface area contributed by atoms with Crippen molar-refractivity contribution in [1.82, 2.24) is 0 Å². The van der Waals surface area contributed by atoms with Crippen LogP contribution >= 0.6 is 0 Å². The summed E-state index contributed by atoms with van der Waals surface area (Å²) in [4.78, 5) is 23.8. The summed E-state index contributed by atoms with van der Waals surface area (Å²) in [6, 6.07) is 7.19. The number of aliphatic hydroxyl groups is 1. The molecule has 0 amide bonds. The minimum absolute atomic E-state index is 0.473. The fraction of sp³-hybridized carbons (Fsp3) is 0.421. The van der Waals surface area contributed by atoms with Gasteiger partial charge in [-0.3, -0.25) is 10.1 Å². The molecule has 0 heterocycles. The Morgan fingerprint density at radius 3 is 2.32 bits per heavy atom. The van der Waals surface area contributed by atoms with Crippen LogP contribution < -0.4 is 0 Å². The third-order valence-corrected chi connectivity index (χ3v) is 4.08. The summed E-state index contributed by atoms with van der Waals surface area (Å²) in [7, 11) is 0. The molecule has 1 aromatic rings. The minimum atomic E-state index is -2.36. The number of benzene rings is 1. The Balaban J connectivity index is 2.59. The van der Waals surface area contributed by atoms with Gasteiger partial charge in [0.15, 0.2) is 0 Å². The monoisotopic (exact) mass is 345 g/mol. The second-order valence-corrected chi connectivity index (χ2v) is 7.33. The molecule has 25 heavy (non-hydrogen) atoms. The van der Waals surface area contributed by atoms with Crippen molar-refractivity contribution in [3.05, 3.63) is 69.8 Å². The van der Waals surface area contributed by atoms with Crippen molar-refractivity contribution >= 4 is 5.97 Å². The van der Waals surface area contributed by atoms with Crippen LogP contribution in [0.15, 0.2) is 54.1 Å². The van der Waals surface area contributed by atoms with Gasteiger partial charge in [0.1, 0.15) is 5.60 Å². The van der Waals surface area contributed by atoms with Crippen molar-refractivity contribution in [1.29, 1.82) is 0 Å². The Morgan fingerprint density at radius 2 is 1.88 bits per heavy atom. The average Bonchev–Trinajstić information content (AvgIpc) is 2.82. The summed E-state index contributed by atoms with van der Waals surface area (Å²) in [5, 5.41) is 22.8. The molecule has 0 saturated carbocycles. The van der Waals surface area contributed by atoms with Gasteiger partial charge in [0.2, 0.25) is 5.60 Å². The maximum Gasteiger partial charge on any atom is 0.350 e. The second kappa shape index (κ2) is 6.44. The highest BCUT2D eigenvalue weighted by molar-refractivity contribution is 5.85. The topological polar surface area (TPSA) is 89.7 Å². The lowest BCUT2D eigenvalue weighted by Gasteiger charge is -2.28. The molecule has 0 spiro atoms. The molecule has 3 atom stereocenters. The summed E-state index contributed by atoms with van der Waals surface area (Å²) in [6.45, 7) is 10.5. The zero-order chi connectivity index (χ0) is 19.0. The van der Waals surface area contributed by atoms with Crippen molar-refractivity contribution in [3.8, 4) is 0 Å². The number of nitrogens with zero attached hydrogens (tertiary/aromatic N) is 1. The van der Waals surface area contributed by atoms with Crippen molar-refractivity contribution in [2.24, 2.45) is 0 Å². The normalized spacial score (nSPS) is 26.0. The van der Waals surface area contributed by atoms with Crippen LogP contribution in [0.4, 0.5) is 0 Å². The van der Waals surface area contributed by atoms with E-state index in [4.69, 9.17) is 4.74 Å². The molecule has 0 aromatic heterocycles. The van der Waals surface area contributed by atoms with Crippen LogP contribution in [0.5, 0.6) is 0 Å². The van der Waals surface area contributed by atoms with Crippen LogP contribution in [0.25, 0.3) is 0 Å². The lowest BCUT2D eigenvalue weighted by atomic mass is 9.84. The number of hydrogen-bond acceptors (Lipinski definition) is 5. The van der Waals surface area contributed by atoms with Crippen molar-refractivity contribution in [2.45, 2.75) is 50.9 Å². The van der Waals surface area contributed by atoms with Crippen molar-refractivity contribution < 1.29 is 19.6 Å². The van der Waals surface area contributed by atoms with Gasteiger partial charge in [-0.25, -0.2) is 4.79 Å². The highest BCUT2D eigenvalue weighted by atomic mass is 16.6. The second-order valence-electron chi connectivity index (χ2n) is 7.33. The summed E-state index contributed by atoms with van der Waals surface area (Å²) in [6.07, 6.45) is 1.23. The Hall–Kier alpha value is -2.47. The van der Waals surface area contributed by atoms with Crippen molar-refractivity contribution in [3.63, 3.8) is 0 Å². The predicted octanol–water partition coefficient (Wildman–Crippen LogP) is 3.00. The Morgan fingerprint density at radius 1 is 1.32 bits per heavy atom. The number of rotatable bonds is 4. The molecule has 0 saturated heterocycles. The average molecular weight is 345 g/mol. The molecular weight excluding hydrogens is 322 g/mol. The minimum Gasteiger partial charge on any atom is -0.457 e. The van der Waals surface area contributed by atoms with Gasteiger partial charge in [0.05, 0.1) is 5.92 Å². The molecule has 1 N–H and O–H groups in total. The molecule has 0 bridgehead atoms. The molecule has 1 aliphatic carbocycles. The maximum atomic E-state index is 12.6. The fourth-order valence-corrected chi connectivity index (χ4v) is 3.07. The van der Waals surface area contributed by atoms with E-state index in [1.807, 2.05) is 0 Å². The van der Waals surface area contributed by atoms with E-state index in [1.165, 1.54) is 6.08 Å². The van der Waals surface area contributed by atoms with E-state index in [0.29, 0.717) is 16.7 Å². The number of ether oxygens (including phenoxy) is 1. The SMILES string of the molecule is C=C(C)C1=C[C@](O)(C(=O)OC(C)(C)C)[C@H]([N+](=O)[O-])[C@H]1c1ccccc1. The van der Waals surface area contributed by atoms with E-state index in [9.17, 15) is 20.0 Å². The number of allylic oxidation sites excluding steroid dienone is 1. The lowest BCUT2D eigenvalue weighted by Crippen LogP contribution is -2.53. The number of carbonyl (C=O) groups is 1. The zero-order valence-corrected chi connectivity index (χ0v) is 14.9. The summed E-state index contributed by atoms with van der Waals surface area (Å²) in [5.41, 5.74) is -1.57.